The quantitative estimate of drug-likeness (QED) is 0.849. The van der Waals surface area contributed by atoms with E-state index in [0.29, 0.717) is 16.3 Å². The molecule has 1 aliphatic rings. The van der Waals surface area contributed by atoms with Crippen molar-refractivity contribution < 1.29 is 9.90 Å². The molecular weight excluding hydrogens is 224 g/mol. The molecule has 4 nitrogen and oxygen atoms in total. The number of hydrogen-bond acceptors (Lipinski definition) is 4. The Morgan fingerprint density at radius 2 is 2.31 bits per heavy atom. The third-order valence-corrected chi connectivity index (χ3v) is 4.30. The largest absolute Gasteiger partial charge is 0.478 e. The van der Waals surface area contributed by atoms with Crippen LogP contribution in [0.5, 0.6) is 0 Å². The van der Waals surface area contributed by atoms with Gasteiger partial charge in [0.15, 0.2) is 0 Å². The van der Waals surface area contributed by atoms with Gasteiger partial charge in [0, 0.05) is 5.54 Å². The van der Waals surface area contributed by atoms with Gasteiger partial charge in [-0.15, -0.1) is 0 Å². The van der Waals surface area contributed by atoms with Crippen molar-refractivity contribution in [3.63, 3.8) is 0 Å². The fraction of sp³-hybridized carbons (Fsp3) is 0.636. The van der Waals surface area contributed by atoms with E-state index in [2.05, 4.69) is 16.6 Å². The lowest BCUT2D eigenvalue weighted by atomic mass is 9.75. The molecule has 0 radical (unpaired) electrons. The minimum absolute atomic E-state index is 0.114. The smallest absolute Gasteiger partial charge is 0.340 e. The summed E-state index contributed by atoms with van der Waals surface area (Å²) < 4.78 is 4.11. The van der Waals surface area contributed by atoms with Crippen molar-refractivity contribution in [3.8, 4) is 0 Å². The van der Waals surface area contributed by atoms with Crippen LogP contribution in [0, 0.1) is 6.92 Å². The molecule has 0 aliphatic heterocycles. The zero-order chi connectivity index (χ0) is 11.8. The topological polar surface area (TPSA) is 62.2 Å². The Hall–Kier alpha value is -1.10. The Labute approximate surface area is 98.9 Å². The van der Waals surface area contributed by atoms with Gasteiger partial charge in [-0.1, -0.05) is 6.92 Å². The van der Waals surface area contributed by atoms with Crippen LogP contribution >= 0.6 is 11.5 Å². The van der Waals surface area contributed by atoms with Gasteiger partial charge in [-0.2, -0.15) is 4.37 Å². The summed E-state index contributed by atoms with van der Waals surface area (Å²) in [5.74, 6) is -0.890. The van der Waals surface area contributed by atoms with Gasteiger partial charge >= 0.3 is 5.97 Å². The van der Waals surface area contributed by atoms with Gasteiger partial charge in [-0.25, -0.2) is 4.79 Å². The maximum atomic E-state index is 11.1. The molecule has 0 atom stereocenters. The normalized spacial score (nSPS) is 17.9. The summed E-state index contributed by atoms with van der Waals surface area (Å²) in [5.41, 5.74) is 1.05. The molecule has 1 heterocycles. The predicted molar refractivity (Wildman–Crippen MR) is 64.3 cm³/mol. The van der Waals surface area contributed by atoms with Crippen molar-refractivity contribution in [1.29, 1.82) is 0 Å². The van der Waals surface area contributed by atoms with Crippen molar-refractivity contribution in [2.24, 2.45) is 0 Å². The second-order valence-corrected chi connectivity index (χ2v) is 5.16. The minimum atomic E-state index is -0.890. The molecule has 1 aliphatic carbocycles. The fourth-order valence-corrected chi connectivity index (χ4v) is 3.03. The second kappa shape index (κ2) is 4.05. The number of nitrogens with one attached hydrogen (secondary N) is 1. The van der Waals surface area contributed by atoms with Crippen LogP contribution in [0.3, 0.4) is 0 Å². The first kappa shape index (κ1) is 11.4. The summed E-state index contributed by atoms with van der Waals surface area (Å²) in [4.78, 5) is 11.1. The number of rotatable bonds is 4. The van der Waals surface area contributed by atoms with E-state index < -0.39 is 5.97 Å². The number of carboxylic acids is 1. The van der Waals surface area contributed by atoms with Crippen molar-refractivity contribution in [2.45, 2.75) is 45.1 Å². The van der Waals surface area contributed by atoms with E-state index in [9.17, 15) is 4.79 Å². The second-order valence-electron chi connectivity index (χ2n) is 4.39. The molecule has 0 unspecified atom stereocenters. The van der Waals surface area contributed by atoms with Crippen LogP contribution in [0.15, 0.2) is 0 Å². The van der Waals surface area contributed by atoms with Crippen LogP contribution < -0.4 is 5.32 Å². The van der Waals surface area contributed by atoms with E-state index in [1.54, 1.807) is 6.92 Å². The highest BCUT2D eigenvalue weighted by atomic mass is 32.1. The highest BCUT2D eigenvalue weighted by Gasteiger charge is 2.36. The van der Waals surface area contributed by atoms with E-state index in [1.165, 1.54) is 18.0 Å². The van der Waals surface area contributed by atoms with E-state index in [4.69, 9.17) is 5.11 Å². The number of aromatic nitrogens is 1. The Morgan fingerprint density at radius 3 is 2.75 bits per heavy atom. The monoisotopic (exact) mass is 240 g/mol. The number of nitrogens with zero attached hydrogens (tertiary/aromatic N) is 1. The highest BCUT2D eigenvalue weighted by Crippen LogP contribution is 2.40. The fourth-order valence-electron chi connectivity index (χ4n) is 2.12. The summed E-state index contributed by atoms with van der Waals surface area (Å²) in [6.07, 6.45) is 4.50. The van der Waals surface area contributed by atoms with Crippen molar-refractivity contribution in [1.82, 2.24) is 4.37 Å². The molecule has 1 fully saturated rings. The van der Waals surface area contributed by atoms with Crippen LogP contribution in [0.4, 0.5) is 5.00 Å². The first-order chi connectivity index (χ1) is 7.58. The molecule has 16 heavy (non-hydrogen) atoms. The Morgan fingerprint density at radius 1 is 1.62 bits per heavy atom. The molecule has 0 aromatic carbocycles. The van der Waals surface area contributed by atoms with Crippen LogP contribution in [0.2, 0.25) is 0 Å². The van der Waals surface area contributed by atoms with Gasteiger partial charge in [0.1, 0.15) is 10.6 Å². The van der Waals surface area contributed by atoms with Crippen molar-refractivity contribution >= 4 is 22.5 Å². The van der Waals surface area contributed by atoms with E-state index in [1.807, 2.05) is 0 Å². The average Bonchev–Trinajstić information content (AvgIpc) is 2.53. The summed E-state index contributed by atoms with van der Waals surface area (Å²) in [5, 5.41) is 13.2. The maximum absolute atomic E-state index is 11.1. The van der Waals surface area contributed by atoms with Gasteiger partial charge in [-0.3, -0.25) is 0 Å². The van der Waals surface area contributed by atoms with Gasteiger partial charge in [0.05, 0.1) is 5.69 Å². The molecule has 1 aromatic rings. The summed E-state index contributed by atoms with van der Waals surface area (Å²) >= 11 is 1.25. The lowest BCUT2D eigenvalue weighted by Crippen LogP contribution is -2.44. The first-order valence-corrected chi connectivity index (χ1v) is 6.33. The molecule has 88 valence electrons. The standard InChI is InChI=1S/C11H16N2O2S/c1-3-11(5-4-6-11)12-9-8(10(14)15)7(2)13-16-9/h12H,3-6H2,1-2H3,(H,14,15). The van der Waals surface area contributed by atoms with E-state index >= 15 is 0 Å². The molecule has 0 saturated heterocycles. The number of hydrogen-bond donors (Lipinski definition) is 2. The van der Waals surface area contributed by atoms with Crippen LogP contribution in [-0.2, 0) is 0 Å². The third kappa shape index (κ3) is 1.80. The Kier molecular flexibility index (Phi) is 2.88. The summed E-state index contributed by atoms with van der Waals surface area (Å²) in [7, 11) is 0. The number of aryl methyl sites for hydroxylation is 1. The van der Waals surface area contributed by atoms with Crippen LogP contribution in [0.25, 0.3) is 0 Å². The molecule has 1 saturated carbocycles. The summed E-state index contributed by atoms with van der Waals surface area (Å²) in [6, 6.07) is 0. The maximum Gasteiger partial charge on any atom is 0.340 e. The van der Waals surface area contributed by atoms with Crippen LogP contribution in [-0.4, -0.2) is 21.0 Å². The first-order valence-electron chi connectivity index (χ1n) is 5.56. The van der Waals surface area contributed by atoms with Gasteiger partial charge in [-0.05, 0) is 44.1 Å². The molecule has 0 bridgehead atoms. The van der Waals surface area contributed by atoms with Gasteiger partial charge in [0.2, 0.25) is 0 Å². The minimum Gasteiger partial charge on any atom is -0.478 e. The average molecular weight is 240 g/mol. The lowest BCUT2D eigenvalue weighted by molar-refractivity contribution is 0.0697. The number of anilines is 1. The molecule has 2 rings (SSSR count). The van der Waals surface area contributed by atoms with Crippen molar-refractivity contribution in [2.75, 3.05) is 5.32 Å². The molecule has 0 spiro atoms. The van der Waals surface area contributed by atoms with E-state index in [-0.39, 0.29) is 5.54 Å². The number of aromatic carboxylic acids is 1. The number of carbonyl (C=O) groups is 1. The van der Waals surface area contributed by atoms with Crippen LogP contribution in [0.1, 0.15) is 48.7 Å². The molecule has 2 N–H and O–H groups in total. The van der Waals surface area contributed by atoms with Gasteiger partial charge < -0.3 is 10.4 Å². The Balaban J connectivity index is 2.24. The Bertz CT molecular complexity index is 405. The SMILES string of the molecule is CCC1(Nc2snc(C)c2C(=O)O)CCC1. The molecule has 1 aromatic heterocycles. The zero-order valence-electron chi connectivity index (χ0n) is 9.54. The zero-order valence-corrected chi connectivity index (χ0v) is 10.4. The highest BCUT2D eigenvalue weighted by molar-refractivity contribution is 7.10. The third-order valence-electron chi connectivity index (χ3n) is 3.44. The molecule has 0 amide bonds. The molecular formula is C11H16N2O2S. The summed E-state index contributed by atoms with van der Waals surface area (Å²) in [6.45, 7) is 3.88. The lowest BCUT2D eigenvalue weighted by Gasteiger charge is -2.42. The van der Waals surface area contributed by atoms with Gasteiger partial charge in [0.25, 0.3) is 0 Å². The predicted octanol–water partition coefficient (Wildman–Crippen LogP) is 2.89. The molecule has 5 heteroatoms. The number of carboxylic acid groups (broad SMARTS) is 1. The van der Waals surface area contributed by atoms with Crippen molar-refractivity contribution in [3.05, 3.63) is 11.3 Å². The van der Waals surface area contributed by atoms with E-state index in [0.717, 1.165) is 19.3 Å².